The van der Waals surface area contributed by atoms with Crippen LogP contribution < -0.4 is 4.74 Å². The highest BCUT2D eigenvalue weighted by atomic mass is 35.5. The number of fused-ring (bicyclic) bond motifs is 1. The molecule has 0 amide bonds. The Morgan fingerprint density at radius 2 is 2.13 bits per heavy atom. The smallest absolute Gasteiger partial charge is 0.189 e. The maximum atomic E-state index is 6.05. The van der Waals surface area contributed by atoms with Gasteiger partial charge in [0.1, 0.15) is 10.9 Å². The third-order valence-corrected chi connectivity index (χ3v) is 2.85. The lowest BCUT2D eigenvalue weighted by molar-refractivity contribution is 0.415. The summed E-state index contributed by atoms with van der Waals surface area (Å²) >= 11 is 7.52. The van der Waals surface area contributed by atoms with Crippen molar-refractivity contribution in [3.8, 4) is 5.75 Å². The molecule has 0 N–H and O–H groups in total. The van der Waals surface area contributed by atoms with Gasteiger partial charge < -0.3 is 4.74 Å². The largest absolute Gasteiger partial charge is 0.497 e. The number of rotatable bonds is 2. The highest BCUT2D eigenvalue weighted by Gasteiger charge is 2.06. The van der Waals surface area contributed by atoms with Crippen molar-refractivity contribution in [2.45, 2.75) is 5.16 Å². The van der Waals surface area contributed by atoms with Crippen molar-refractivity contribution in [3.63, 3.8) is 0 Å². The SMILES string of the molecule is COc1ccc2nc(SC)nc(Cl)c2c1. The molecule has 0 unspecified atom stereocenters. The van der Waals surface area contributed by atoms with Crippen molar-refractivity contribution in [2.24, 2.45) is 0 Å². The fourth-order valence-corrected chi connectivity index (χ4v) is 1.92. The molecule has 0 bridgehead atoms. The van der Waals surface area contributed by atoms with Crippen LogP contribution in [0.5, 0.6) is 5.75 Å². The van der Waals surface area contributed by atoms with Gasteiger partial charge in [0, 0.05) is 5.39 Å². The highest BCUT2D eigenvalue weighted by molar-refractivity contribution is 7.98. The Kier molecular flexibility index (Phi) is 2.98. The van der Waals surface area contributed by atoms with Gasteiger partial charge in [-0.1, -0.05) is 23.4 Å². The minimum atomic E-state index is 0.461. The van der Waals surface area contributed by atoms with Crippen LogP contribution in [0.3, 0.4) is 0 Å². The second kappa shape index (κ2) is 4.24. The van der Waals surface area contributed by atoms with Crippen molar-refractivity contribution in [1.82, 2.24) is 9.97 Å². The summed E-state index contributed by atoms with van der Waals surface area (Å²) in [6, 6.07) is 5.57. The van der Waals surface area contributed by atoms with Crippen LogP contribution in [0.2, 0.25) is 5.15 Å². The van der Waals surface area contributed by atoms with E-state index in [0.29, 0.717) is 10.3 Å². The van der Waals surface area contributed by atoms with Crippen molar-refractivity contribution in [1.29, 1.82) is 0 Å². The summed E-state index contributed by atoms with van der Waals surface area (Å²) in [5.74, 6) is 0.755. The van der Waals surface area contributed by atoms with Crippen molar-refractivity contribution >= 4 is 34.3 Å². The normalized spacial score (nSPS) is 10.6. The van der Waals surface area contributed by atoms with E-state index in [1.54, 1.807) is 7.11 Å². The number of hydrogen-bond acceptors (Lipinski definition) is 4. The first-order valence-electron chi connectivity index (χ1n) is 4.30. The molecule has 0 saturated heterocycles. The number of thioether (sulfide) groups is 1. The van der Waals surface area contributed by atoms with Crippen LogP contribution in [-0.2, 0) is 0 Å². The predicted octanol–water partition coefficient (Wildman–Crippen LogP) is 3.01. The average molecular weight is 241 g/mol. The van der Waals surface area contributed by atoms with Gasteiger partial charge >= 0.3 is 0 Å². The third-order valence-electron chi connectivity index (χ3n) is 2.02. The van der Waals surface area contributed by atoms with Crippen LogP contribution in [0.15, 0.2) is 23.4 Å². The first-order chi connectivity index (χ1) is 7.24. The van der Waals surface area contributed by atoms with E-state index in [1.807, 2.05) is 24.5 Å². The van der Waals surface area contributed by atoms with E-state index in [0.717, 1.165) is 16.7 Å². The van der Waals surface area contributed by atoms with E-state index < -0.39 is 0 Å². The molecule has 0 spiro atoms. The van der Waals surface area contributed by atoms with Crippen LogP contribution in [0.4, 0.5) is 0 Å². The minimum absolute atomic E-state index is 0.461. The van der Waals surface area contributed by atoms with Crippen LogP contribution in [-0.4, -0.2) is 23.3 Å². The summed E-state index contributed by atoms with van der Waals surface area (Å²) in [6.07, 6.45) is 1.92. The van der Waals surface area contributed by atoms with Crippen molar-refractivity contribution < 1.29 is 4.74 Å². The first kappa shape index (κ1) is 10.5. The van der Waals surface area contributed by atoms with Gasteiger partial charge in [0.25, 0.3) is 0 Å². The fourth-order valence-electron chi connectivity index (χ4n) is 1.27. The second-order valence-corrected chi connectivity index (χ2v) is 4.02. The summed E-state index contributed by atoms with van der Waals surface area (Å²) < 4.78 is 5.11. The molecule has 1 aromatic carbocycles. The van der Waals surface area contributed by atoms with Gasteiger partial charge in [0.2, 0.25) is 0 Å². The molecule has 0 saturated carbocycles. The molecule has 0 aliphatic carbocycles. The Bertz CT molecular complexity index is 504. The van der Waals surface area contributed by atoms with Crippen LogP contribution in [0, 0.1) is 0 Å². The van der Waals surface area contributed by atoms with Crippen LogP contribution >= 0.6 is 23.4 Å². The van der Waals surface area contributed by atoms with Gasteiger partial charge in [-0.3, -0.25) is 0 Å². The molecule has 0 fully saturated rings. The van der Waals surface area contributed by atoms with E-state index in [-0.39, 0.29) is 0 Å². The Morgan fingerprint density at radius 3 is 2.80 bits per heavy atom. The molecular weight excluding hydrogens is 232 g/mol. The fraction of sp³-hybridized carbons (Fsp3) is 0.200. The zero-order valence-electron chi connectivity index (χ0n) is 8.32. The van der Waals surface area contributed by atoms with Gasteiger partial charge in [-0.15, -0.1) is 0 Å². The number of methoxy groups -OCH3 is 1. The molecule has 15 heavy (non-hydrogen) atoms. The Balaban J connectivity index is 2.68. The second-order valence-electron chi connectivity index (χ2n) is 2.88. The van der Waals surface area contributed by atoms with Crippen molar-refractivity contribution in [2.75, 3.05) is 13.4 Å². The molecule has 1 heterocycles. The van der Waals surface area contributed by atoms with Crippen molar-refractivity contribution in [3.05, 3.63) is 23.4 Å². The first-order valence-corrected chi connectivity index (χ1v) is 5.90. The number of halogens is 1. The molecular formula is C10H9ClN2OS. The van der Waals surface area contributed by atoms with E-state index in [4.69, 9.17) is 16.3 Å². The van der Waals surface area contributed by atoms with E-state index in [1.165, 1.54) is 11.8 Å². The maximum absolute atomic E-state index is 6.05. The number of benzene rings is 1. The number of aromatic nitrogens is 2. The lowest BCUT2D eigenvalue weighted by Crippen LogP contribution is -1.90. The highest BCUT2D eigenvalue weighted by Crippen LogP contribution is 2.26. The molecule has 3 nitrogen and oxygen atoms in total. The molecule has 5 heteroatoms. The lowest BCUT2D eigenvalue weighted by Gasteiger charge is -2.04. The number of ether oxygens (including phenoxy) is 1. The molecule has 0 atom stereocenters. The van der Waals surface area contributed by atoms with E-state index in [2.05, 4.69) is 9.97 Å². The van der Waals surface area contributed by atoms with Gasteiger partial charge in [0.15, 0.2) is 5.16 Å². The quantitative estimate of drug-likeness (QED) is 0.459. The summed E-state index contributed by atoms with van der Waals surface area (Å²) in [5, 5.41) is 1.95. The molecule has 2 rings (SSSR count). The lowest BCUT2D eigenvalue weighted by atomic mass is 10.2. The average Bonchev–Trinajstić information content (AvgIpc) is 2.28. The Morgan fingerprint density at radius 1 is 1.33 bits per heavy atom. The summed E-state index contributed by atoms with van der Waals surface area (Å²) in [5.41, 5.74) is 0.833. The van der Waals surface area contributed by atoms with Gasteiger partial charge in [-0.25, -0.2) is 9.97 Å². The molecule has 78 valence electrons. The number of hydrogen-bond donors (Lipinski definition) is 0. The molecule has 0 aliphatic rings. The Hall–Kier alpha value is -1.00. The summed E-state index contributed by atoms with van der Waals surface area (Å²) in [7, 11) is 1.62. The Labute approximate surface area is 96.8 Å². The van der Waals surface area contributed by atoms with Gasteiger partial charge in [-0.05, 0) is 24.5 Å². The van der Waals surface area contributed by atoms with Crippen LogP contribution in [0.25, 0.3) is 10.9 Å². The monoisotopic (exact) mass is 240 g/mol. The minimum Gasteiger partial charge on any atom is -0.497 e. The molecule has 0 radical (unpaired) electrons. The predicted molar refractivity (Wildman–Crippen MR) is 62.9 cm³/mol. The third kappa shape index (κ3) is 2.01. The maximum Gasteiger partial charge on any atom is 0.189 e. The standard InChI is InChI=1S/C10H9ClN2OS/c1-14-6-3-4-8-7(5-6)9(11)13-10(12-8)15-2/h3-5H,1-2H3. The van der Waals surface area contributed by atoms with Gasteiger partial charge in [0.05, 0.1) is 12.6 Å². The van der Waals surface area contributed by atoms with Crippen LogP contribution in [0.1, 0.15) is 0 Å². The summed E-state index contributed by atoms with van der Waals surface area (Å²) in [6.45, 7) is 0. The van der Waals surface area contributed by atoms with E-state index in [9.17, 15) is 0 Å². The van der Waals surface area contributed by atoms with E-state index >= 15 is 0 Å². The molecule has 0 aliphatic heterocycles. The molecule has 2 aromatic rings. The number of nitrogens with zero attached hydrogens (tertiary/aromatic N) is 2. The molecule has 1 aromatic heterocycles. The zero-order valence-corrected chi connectivity index (χ0v) is 9.89. The summed E-state index contributed by atoms with van der Waals surface area (Å²) in [4.78, 5) is 8.50. The zero-order chi connectivity index (χ0) is 10.8. The topological polar surface area (TPSA) is 35.0 Å². The van der Waals surface area contributed by atoms with Gasteiger partial charge in [-0.2, -0.15) is 0 Å².